The Morgan fingerprint density at radius 1 is 1.12 bits per heavy atom. The number of fused-ring (bicyclic) bond motifs is 1. The number of benzene rings is 2. The Balaban J connectivity index is 1.37. The molecule has 4 aromatic rings. The van der Waals surface area contributed by atoms with Crippen LogP contribution in [0, 0.1) is 6.92 Å². The molecule has 0 spiro atoms. The van der Waals surface area contributed by atoms with E-state index in [1.54, 1.807) is 0 Å². The van der Waals surface area contributed by atoms with Crippen LogP contribution in [0.2, 0.25) is 0 Å². The third-order valence-corrected chi connectivity index (χ3v) is 5.25. The van der Waals surface area contributed by atoms with Crippen LogP contribution >= 0.6 is 0 Å². The molecule has 2 aromatic heterocycles. The lowest BCUT2D eigenvalue weighted by molar-refractivity contribution is -0.145. The number of ether oxygens (including phenoxy) is 1. The molecule has 0 aliphatic rings. The van der Waals surface area contributed by atoms with Crippen molar-refractivity contribution in [3.05, 3.63) is 71.7 Å². The lowest BCUT2D eigenvalue weighted by Gasteiger charge is -2.16. The van der Waals surface area contributed by atoms with Crippen molar-refractivity contribution in [3.8, 4) is 11.5 Å². The maximum absolute atomic E-state index is 12.5. The third kappa shape index (κ3) is 4.85. The van der Waals surface area contributed by atoms with Gasteiger partial charge in [0.1, 0.15) is 6.04 Å². The van der Waals surface area contributed by atoms with Crippen molar-refractivity contribution in [1.82, 2.24) is 20.5 Å². The summed E-state index contributed by atoms with van der Waals surface area (Å²) >= 11 is 0. The molecule has 8 nitrogen and oxygen atoms in total. The number of H-pyrrole nitrogens is 1. The van der Waals surface area contributed by atoms with Crippen LogP contribution in [-0.4, -0.2) is 40.2 Å². The van der Waals surface area contributed by atoms with Gasteiger partial charge in [-0.3, -0.25) is 4.79 Å². The van der Waals surface area contributed by atoms with E-state index in [0.717, 1.165) is 27.6 Å². The summed E-state index contributed by atoms with van der Waals surface area (Å²) in [5.41, 5.74) is 3.86. The fourth-order valence-electron chi connectivity index (χ4n) is 3.51. The van der Waals surface area contributed by atoms with Gasteiger partial charge in [0.15, 0.2) is 0 Å². The zero-order valence-electron chi connectivity index (χ0n) is 17.9. The second kappa shape index (κ2) is 9.47. The lowest BCUT2D eigenvalue weighted by atomic mass is 10.0. The quantitative estimate of drug-likeness (QED) is 0.413. The number of amides is 1. The van der Waals surface area contributed by atoms with Gasteiger partial charge in [-0.25, -0.2) is 4.79 Å². The number of aromatic nitrogens is 3. The number of esters is 1. The number of methoxy groups -OCH3 is 1. The van der Waals surface area contributed by atoms with Crippen LogP contribution in [0.1, 0.15) is 23.4 Å². The minimum absolute atomic E-state index is 0.108. The molecule has 0 bridgehead atoms. The first-order chi connectivity index (χ1) is 15.5. The number of carbonyl (C=O) groups excluding carboxylic acids is 2. The molecule has 1 atom stereocenters. The lowest BCUT2D eigenvalue weighted by Crippen LogP contribution is -2.43. The summed E-state index contributed by atoms with van der Waals surface area (Å²) in [5.74, 6) is -0.0208. The highest BCUT2D eigenvalue weighted by Crippen LogP contribution is 2.20. The van der Waals surface area contributed by atoms with E-state index >= 15 is 0 Å². The Morgan fingerprint density at radius 2 is 1.91 bits per heavy atom. The molecule has 2 heterocycles. The summed E-state index contributed by atoms with van der Waals surface area (Å²) in [5, 5.41) is 11.8. The number of carbonyl (C=O) groups is 2. The molecule has 0 aliphatic carbocycles. The Bertz CT molecular complexity index is 1230. The van der Waals surface area contributed by atoms with Crippen molar-refractivity contribution in [3.63, 3.8) is 0 Å². The van der Waals surface area contributed by atoms with Gasteiger partial charge in [-0.05, 0) is 30.7 Å². The maximum Gasteiger partial charge on any atom is 0.328 e. The van der Waals surface area contributed by atoms with Gasteiger partial charge in [0, 0.05) is 41.9 Å². The molecule has 164 valence electrons. The summed E-state index contributed by atoms with van der Waals surface area (Å²) in [6, 6.07) is 14.7. The Morgan fingerprint density at radius 3 is 2.69 bits per heavy atom. The van der Waals surface area contributed by atoms with Gasteiger partial charge >= 0.3 is 5.97 Å². The number of aromatic amines is 1. The zero-order chi connectivity index (χ0) is 22.5. The number of nitrogens with one attached hydrogen (secondary N) is 2. The standard InChI is InChI=1S/C24H24N4O4/c1-15-7-9-16(10-8-15)23-28-27-22(32-23)12-11-21(29)26-20(24(30)31-2)13-17-14-25-19-6-4-3-5-18(17)19/h3-10,14,20,25H,11-13H2,1-2H3,(H,26,29). The fraction of sp³-hybridized carbons (Fsp3) is 0.250. The van der Waals surface area contributed by atoms with Crippen LogP contribution in [0.25, 0.3) is 22.4 Å². The van der Waals surface area contributed by atoms with Gasteiger partial charge in [-0.2, -0.15) is 0 Å². The fourth-order valence-corrected chi connectivity index (χ4v) is 3.51. The molecule has 1 unspecified atom stereocenters. The van der Waals surface area contributed by atoms with Crippen molar-refractivity contribution in [2.24, 2.45) is 0 Å². The van der Waals surface area contributed by atoms with Gasteiger partial charge in [0.25, 0.3) is 0 Å². The van der Waals surface area contributed by atoms with Crippen molar-refractivity contribution >= 4 is 22.8 Å². The molecule has 2 N–H and O–H groups in total. The van der Waals surface area contributed by atoms with E-state index in [9.17, 15) is 9.59 Å². The van der Waals surface area contributed by atoms with Gasteiger partial charge in [-0.15, -0.1) is 10.2 Å². The average molecular weight is 432 g/mol. The number of hydrogen-bond donors (Lipinski definition) is 2. The van der Waals surface area contributed by atoms with Crippen LogP contribution in [0.15, 0.2) is 59.1 Å². The van der Waals surface area contributed by atoms with Gasteiger partial charge in [0.2, 0.25) is 17.7 Å². The Kier molecular flexibility index (Phi) is 6.30. The number of hydrogen-bond acceptors (Lipinski definition) is 6. The molecule has 0 aliphatic heterocycles. The molecule has 0 saturated heterocycles. The van der Waals surface area contributed by atoms with Crippen LogP contribution < -0.4 is 5.32 Å². The summed E-state index contributed by atoms with van der Waals surface area (Å²) < 4.78 is 10.6. The first kappa shape index (κ1) is 21.3. The molecule has 32 heavy (non-hydrogen) atoms. The molecular formula is C24H24N4O4. The molecule has 1 amide bonds. The first-order valence-corrected chi connectivity index (χ1v) is 10.3. The van der Waals surface area contributed by atoms with Crippen molar-refractivity contribution in [2.75, 3.05) is 7.11 Å². The summed E-state index contributed by atoms with van der Waals surface area (Å²) in [4.78, 5) is 28.0. The minimum Gasteiger partial charge on any atom is -0.467 e. The van der Waals surface area contributed by atoms with E-state index in [-0.39, 0.29) is 18.7 Å². The highest BCUT2D eigenvalue weighted by Gasteiger charge is 2.23. The Hall–Kier alpha value is -3.94. The number of aryl methyl sites for hydroxylation is 2. The number of nitrogens with zero attached hydrogens (tertiary/aromatic N) is 2. The second-order valence-electron chi connectivity index (χ2n) is 7.57. The van der Waals surface area contributed by atoms with Crippen LogP contribution in [0.5, 0.6) is 0 Å². The van der Waals surface area contributed by atoms with E-state index in [1.807, 2.05) is 61.7 Å². The average Bonchev–Trinajstić information content (AvgIpc) is 3.45. The molecule has 4 rings (SSSR count). The highest BCUT2D eigenvalue weighted by atomic mass is 16.5. The van der Waals surface area contributed by atoms with E-state index < -0.39 is 12.0 Å². The van der Waals surface area contributed by atoms with E-state index in [4.69, 9.17) is 9.15 Å². The molecule has 0 saturated carbocycles. The number of rotatable bonds is 8. The summed E-state index contributed by atoms with van der Waals surface area (Å²) in [6.45, 7) is 2.00. The molecular weight excluding hydrogens is 408 g/mol. The monoisotopic (exact) mass is 432 g/mol. The van der Waals surface area contributed by atoms with Crippen molar-refractivity contribution < 1.29 is 18.7 Å². The van der Waals surface area contributed by atoms with E-state index in [1.165, 1.54) is 7.11 Å². The zero-order valence-corrected chi connectivity index (χ0v) is 17.9. The largest absolute Gasteiger partial charge is 0.467 e. The van der Waals surface area contributed by atoms with Crippen LogP contribution in [0.4, 0.5) is 0 Å². The molecule has 8 heteroatoms. The first-order valence-electron chi connectivity index (χ1n) is 10.3. The van der Waals surface area contributed by atoms with Crippen molar-refractivity contribution in [1.29, 1.82) is 0 Å². The van der Waals surface area contributed by atoms with Gasteiger partial charge in [0.05, 0.1) is 7.11 Å². The van der Waals surface area contributed by atoms with E-state index in [2.05, 4.69) is 20.5 Å². The normalized spacial score (nSPS) is 11.9. The molecule has 2 aromatic carbocycles. The van der Waals surface area contributed by atoms with Crippen molar-refractivity contribution in [2.45, 2.75) is 32.2 Å². The predicted octanol–water partition coefficient (Wildman–Crippen LogP) is 3.36. The van der Waals surface area contributed by atoms with Gasteiger partial charge in [-0.1, -0.05) is 35.9 Å². The SMILES string of the molecule is COC(=O)C(Cc1c[nH]c2ccccc12)NC(=O)CCc1nnc(-c2ccc(C)cc2)o1. The highest BCUT2D eigenvalue weighted by molar-refractivity contribution is 5.87. The number of para-hydroxylation sites is 1. The summed E-state index contributed by atoms with van der Waals surface area (Å²) in [6.07, 6.45) is 2.54. The van der Waals surface area contributed by atoms with E-state index in [0.29, 0.717) is 18.2 Å². The van der Waals surface area contributed by atoms with Gasteiger partial charge < -0.3 is 19.5 Å². The smallest absolute Gasteiger partial charge is 0.328 e. The van der Waals surface area contributed by atoms with Crippen LogP contribution in [-0.2, 0) is 27.2 Å². The maximum atomic E-state index is 12.5. The topological polar surface area (TPSA) is 110 Å². The second-order valence-corrected chi connectivity index (χ2v) is 7.57. The van der Waals surface area contributed by atoms with Crippen LogP contribution in [0.3, 0.4) is 0 Å². The Labute approximate surface area is 185 Å². The molecule has 0 fully saturated rings. The third-order valence-electron chi connectivity index (χ3n) is 5.25. The summed E-state index contributed by atoms with van der Waals surface area (Å²) in [7, 11) is 1.31. The molecule has 0 radical (unpaired) electrons. The minimum atomic E-state index is -0.794. The predicted molar refractivity (Wildman–Crippen MR) is 119 cm³/mol.